The van der Waals surface area contributed by atoms with Crippen LogP contribution >= 0.6 is 0 Å². The standard InChI is InChI=1S/C18H20O3/c1-13(2)16(19)18(21,15-11-7-4-8-12-15)17(20)14-9-5-3-6-10-14/h3-13,16,19,21H,1-2H3. The molecule has 2 N–H and O–H groups in total. The second-order valence-electron chi connectivity index (χ2n) is 5.52. The number of aliphatic hydroxyl groups excluding tert-OH is 1. The van der Waals surface area contributed by atoms with Gasteiger partial charge in [-0.05, 0) is 11.5 Å². The van der Waals surface area contributed by atoms with E-state index in [-0.39, 0.29) is 5.92 Å². The van der Waals surface area contributed by atoms with Crippen LogP contribution in [0.1, 0.15) is 29.8 Å². The summed E-state index contributed by atoms with van der Waals surface area (Å²) in [5, 5.41) is 21.5. The van der Waals surface area contributed by atoms with Gasteiger partial charge in [0.2, 0.25) is 5.78 Å². The van der Waals surface area contributed by atoms with Crippen molar-refractivity contribution >= 4 is 5.78 Å². The quantitative estimate of drug-likeness (QED) is 0.830. The van der Waals surface area contributed by atoms with E-state index in [4.69, 9.17) is 0 Å². The van der Waals surface area contributed by atoms with Gasteiger partial charge in [-0.2, -0.15) is 0 Å². The fourth-order valence-corrected chi connectivity index (χ4v) is 2.42. The van der Waals surface area contributed by atoms with Gasteiger partial charge in [-0.3, -0.25) is 4.79 Å². The lowest BCUT2D eigenvalue weighted by molar-refractivity contribution is -0.0738. The first-order valence-electron chi connectivity index (χ1n) is 7.03. The summed E-state index contributed by atoms with van der Waals surface area (Å²) in [6.45, 7) is 3.55. The molecule has 0 spiro atoms. The summed E-state index contributed by atoms with van der Waals surface area (Å²) in [6, 6.07) is 17.2. The Morgan fingerprint density at radius 3 is 1.90 bits per heavy atom. The summed E-state index contributed by atoms with van der Waals surface area (Å²) in [5.74, 6) is -0.752. The number of hydrogen-bond acceptors (Lipinski definition) is 3. The van der Waals surface area contributed by atoms with Crippen molar-refractivity contribution in [1.82, 2.24) is 0 Å². The van der Waals surface area contributed by atoms with Crippen LogP contribution in [0.25, 0.3) is 0 Å². The van der Waals surface area contributed by atoms with Gasteiger partial charge >= 0.3 is 0 Å². The summed E-state index contributed by atoms with van der Waals surface area (Å²) in [7, 11) is 0. The predicted molar refractivity (Wildman–Crippen MR) is 82.0 cm³/mol. The largest absolute Gasteiger partial charge is 0.389 e. The van der Waals surface area contributed by atoms with Crippen LogP contribution in [-0.2, 0) is 5.60 Å². The molecule has 3 heteroatoms. The van der Waals surface area contributed by atoms with Crippen molar-refractivity contribution < 1.29 is 15.0 Å². The first kappa shape index (κ1) is 15.4. The topological polar surface area (TPSA) is 57.5 Å². The van der Waals surface area contributed by atoms with Crippen LogP contribution in [0.5, 0.6) is 0 Å². The minimum Gasteiger partial charge on any atom is -0.389 e. The van der Waals surface area contributed by atoms with Crippen LogP contribution in [0.4, 0.5) is 0 Å². The Morgan fingerprint density at radius 1 is 0.952 bits per heavy atom. The molecular formula is C18H20O3. The van der Waals surface area contributed by atoms with Crippen molar-refractivity contribution in [2.75, 3.05) is 0 Å². The molecule has 2 unspecified atom stereocenters. The number of ketones is 1. The predicted octanol–water partition coefficient (Wildman–Crippen LogP) is 2.77. The molecule has 2 rings (SSSR count). The van der Waals surface area contributed by atoms with E-state index in [1.807, 2.05) is 0 Å². The lowest BCUT2D eigenvalue weighted by atomic mass is 9.77. The van der Waals surface area contributed by atoms with E-state index in [1.165, 1.54) is 0 Å². The van der Waals surface area contributed by atoms with Gasteiger partial charge in [-0.25, -0.2) is 0 Å². The summed E-state index contributed by atoms with van der Waals surface area (Å²) in [6.07, 6.45) is -1.19. The minimum atomic E-state index is -1.95. The summed E-state index contributed by atoms with van der Waals surface area (Å²) in [4.78, 5) is 12.8. The summed E-state index contributed by atoms with van der Waals surface area (Å²) >= 11 is 0. The van der Waals surface area contributed by atoms with Gasteiger partial charge in [-0.15, -0.1) is 0 Å². The highest BCUT2D eigenvalue weighted by molar-refractivity contribution is 6.03. The molecule has 0 saturated carbocycles. The maximum atomic E-state index is 12.8. The molecule has 21 heavy (non-hydrogen) atoms. The molecule has 2 atom stereocenters. The third kappa shape index (κ3) is 2.89. The average Bonchev–Trinajstić information content (AvgIpc) is 2.54. The Hall–Kier alpha value is -1.97. The fourth-order valence-electron chi connectivity index (χ4n) is 2.42. The monoisotopic (exact) mass is 284 g/mol. The first-order valence-corrected chi connectivity index (χ1v) is 7.03. The second kappa shape index (κ2) is 6.20. The number of hydrogen-bond donors (Lipinski definition) is 2. The smallest absolute Gasteiger partial charge is 0.201 e. The van der Waals surface area contributed by atoms with Crippen molar-refractivity contribution in [3.8, 4) is 0 Å². The van der Waals surface area contributed by atoms with E-state index in [2.05, 4.69) is 0 Å². The Labute approximate surface area is 124 Å². The molecule has 3 nitrogen and oxygen atoms in total. The Morgan fingerprint density at radius 2 is 1.43 bits per heavy atom. The molecule has 0 aliphatic carbocycles. The average molecular weight is 284 g/mol. The van der Waals surface area contributed by atoms with E-state index < -0.39 is 17.5 Å². The van der Waals surface area contributed by atoms with Crippen molar-refractivity contribution in [2.45, 2.75) is 25.6 Å². The molecule has 0 aliphatic rings. The molecule has 0 heterocycles. The minimum absolute atomic E-state index is 0.261. The van der Waals surface area contributed by atoms with Gasteiger partial charge in [0.25, 0.3) is 0 Å². The van der Waals surface area contributed by atoms with Crippen molar-refractivity contribution in [3.05, 3.63) is 71.8 Å². The van der Waals surface area contributed by atoms with Crippen molar-refractivity contribution in [1.29, 1.82) is 0 Å². The lowest BCUT2D eigenvalue weighted by Crippen LogP contribution is -2.49. The number of carbonyl (C=O) groups excluding carboxylic acids is 1. The molecule has 0 aromatic heterocycles. The van der Waals surface area contributed by atoms with Crippen LogP contribution in [0.15, 0.2) is 60.7 Å². The van der Waals surface area contributed by atoms with Crippen LogP contribution in [-0.4, -0.2) is 22.1 Å². The zero-order valence-corrected chi connectivity index (χ0v) is 12.2. The maximum absolute atomic E-state index is 12.8. The summed E-state index contributed by atoms with van der Waals surface area (Å²) < 4.78 is 0. The van der Waals surface area contributed by atoms with Gasteiger partial charge < -0.3 is 10.2 Å². The molecule has 110 valence electrons. The molecule has 0 saturated heterocycles. The third-order valence-corrected chi connectivity index (χ3v) is 3.66. The Balaban J connectivity index is 2.54. The van der Waals surface area contributed by atoms with Gasteiger partial charge in [-0.1, -0.05) is 74.5 Å². The van der Waals surface area contributed by atoms with Crippen LogP contribution in [0, 0.1) is 5.92 Å². The maximum Gasteiger partial charge on any atom is 0.201 e. The Bertz CT molecular complexity index is 592. The lowest BCUT2D eigenvalue weighted by Gasteiger charge is -2.34. The molecule has 0 fully saturated rings. The zero-order valence-electron chi connectivity index (χ0n) is 12.2. The van der Waals surface area contributed by atoms with E-state index >= 15 is 0 Å². The molecule has 2 aromatic carbocycles. The van der Waals surface area contributed by atoms with E-state index in [0.717, 1.165) is 0 Å². The van der Waals surface area contributed by atoms with E-state index in [0.29, 0.717) is 11.1 Å². The number of benzene rings is 2. The van der Waals surface area contributed by atoms with Gasteiger partial charge in [0.1, 0.15) is 0 Å². The highest BCUT2D eigenvalue weighted by atomic mass is 16.3. The summed E-state index contributed by atoms with van der Waals surface area (Å²) in [5.41, 5.74) is -1.17. The van der Waals surface area contributed by atoms with Crippen molar-refractivity contribution in [3.63, 3.8) is 0 Å². The van der Waals surface area contributed by atoms with Crippen LogP contribution in [0.2, 0.25) is 0 Å². The highest BCUT2D eigenvalue weighted by Crippen LogP contribution is 2.32. The van der Waals surface area contributed by atoms with Gasteiger partial charge in [0.15, 0.2) is 5.60 Å². The molecule has 0 amide bonds. The van der Waals surface area contributed by atoms with E-state index in [9.17, 15) is 15.0 Å². The number of carbonyl (C=O) groups is 1. The fraction of sp³-hybridized carbons (Fsp3) is 0.278. The van der Waals surface area contributed by atoms with E-state index in [1.54, 1.807) is 74.5 Å². The number of rotatable bonds is 5. The number of Topliss-reactive ketones (excluding diaryl/α,β-unsaturated/α-hetero) is 1. The van der Waals surface area contributed by atoms with Crippen LogP contribution in [0.3, 0.4) is 0 Å². The molecule has 2 aromatic rings. The SMILES string of the molecule is CC(C)C(O)C(O)(C(=O)c1ccccc1)c1ccccc1. The molecule has 0 radical (unpaired) electrons. The van der Waals surface area contributed by atoms with Gasteiger partial charge in [0, 0.05) is 5.56 Å². The second-order valence-corrected chi connectivity index (χ2v) is 5.52. The van der Waals surface area contributed by atoms with Crippen LogP contribution < -0.4 is 0 Å². The third-order valence-electron chi connectivity index (χ3n) is 3.66. The molecular weight excluding hydrogens is 264 g/mol. The number of aliphatic hydroxyl groups is 2. The first-order chi connectivity index (χ1) is 9.98. The Kier molecular flexibility index (Phi) is 4.56. The highest BCUT2D eigenvalue weighted by Gasteiger charge is 2.46. The molecule has 0 aliphatic heterocycles. The normalized spacial score (nSPS) is 15.5. The molecule has 0 bridgehead atoms. The zero-order chi connectivity index (χ0) is 15.5. The van der Waals surface area contributed by atoms with Crippen molar-refractivity contribution in [2.24, 2.45) is 5.92 Å². The van der Waals surface area contributed by atoms with Gasteiger partial charge in [0.05, 0.1) is 6.10 Å².